The van der Waals surface area contributed by atoms with Crippen molar-refractivity contribution >= 4 is 5.91 Å². The first-order valence-corrected chi connectivity index (χ1v) is 5.41. The average molecular weight is 222 g/mol. The van der Waals surface area contributed by atoms with E-state index in [4.69, 9.17) is 10.6 Å². The normalized spacial score (nSPS) is 11.9. The number of aryl methyl sites for hydroxylation is 1. The molecule has 0 fully saturated rings. The van der Waals surface area contributed by atoms with Gasteiger partial charge in [-0.05, 0) is 25.5 Å². The van der Waals surface area contributed by atoms with E-state index in [-0.39, 0.29) is 5.91 Å². The van der Waals surface area contributed by atoms with E-state index in [0.29, 0.717) is 12.2 Å². The van der Waals surface area contributed by atoms with Crippen LogP contribution in [0.1, 0.15) is 25.3 Å². The third-order valence-electron chi connectivity index (χ3n) is 2.28. The summed E-state index contributed by atoms with van der Waals surface area (Å²) in [5, 5.41) is 0. The number of carbonyl (C=O) groups excluding carboxylic acids is 1. The minimum absolute atomic E-state index is 0.289. The van der Waals surface area contributed by atoms with Crippen molar-refractivity contribution in [1.29, 1.82) is 0 Å². The Morgan fingerprint density at radius 1 is 1.44 bits per heavy atom. The number of benzene rings is 1. The molecular weight excluding hydrogens is 204 g/mol. The van der Waals surface area contributed by atoms with Crippen LogP contribution in [0.4, 0.5) is 0 Å². The fraction of sp³-hybridized carbons (Fsp3) is 0.417. The second-order valence-corrected chi connectivity index (χ2v) is 3.72. The number of hydrogen-bond donors (Lipinski definition) is 2. The van der Waals surface area contributed by atoms with Crippen molar-refractivity contribution < 1.29 is 9.53 Å². The maximum absolute atomic E-state index is 11.4. The molecule has 0 aliphatic heterocycles. The molecule has 1 rings (SSSR count). The van der Waals surface area contributed by atoms with E-state index < -0.39 is 6.10 Å². The van der Waals surface area contributed by atoms with E-state index in [9.17, 15) is 4.79 Å². The van der Waals surface area contributed by atoms with Gasteiger partial charge in [0, 0.05) is 0 Å². The lowest BCUT2D eigenvalue weighted by atomic mass is 10.2. The molecule has 1 amide bonds. The summed E-state index contributed by atoms with van der Waals surface area (Å²) in [6.07, 6.45) is 0.999. The van der Waals surface area contributed by atoms with Gasteiger partial charge in [-0.25, -0.2) is 5.84 Å². The van der Waals surface area contributed by atoms with Crippen molar-refractivity contribution in [2.45, 2.75) is 32.8 Å². The van der Waals surface area contributed by atoms with Gasteiger partial charge in [-0.15, -0.1) is 0 Å². The van der Waals surface area contributed by atoms with Gasteiger partial charge in [0.2, 0.25) is 0 Å². The van der Waals surface area contributed by atoms with Crippen molar-refractivity contribution in [2.24, 2.45) is 5.84 Å². The fourth-order valence-electron chi connectivity index (χ4n) is 1.38. The molecule has 1 atom stereocenters. The highest BCUT2D eigenvalue weighted by atomic mass is 16.5. The van der Waals surface area contributed by atoms with Crippen molar-refractivity contribution in [3.05, 3.63) is 29.8 Å². The lowest BCUT2D eigenvalue weighted by Gasteiger charge is -2.16. The molecule has 0 aromatic heterocycles. The third-order valence-corrected chi connectivity index (χ3v) is 2.28. The van der Waals surface area contributed by atoms with Gasteiger partial charge >= 0.3 is 0 Å². The Bertz CT molecular complexity index is 335. The van der Waals surface area contributed by atoms with Gasteiger partial charge in [0.05, 0.1) is 0 Å². The van der Waals surface area contributed by atoms with Crippen LogP contribution in [-0.2, 0) is 4.79 Å². The molecule has 0 saturated carbocycles. The summed E-state index contributed by atoms with van der Waals surface area (Å²) in [6, 6.07) is 7.58. The highest BCUT2D eigenvalue weighted by Gasteiger charge is 2.17. The summed E-state index contributed by atoms with van der Waals surface area (Å²) in [6.45, 7) is 4.00. The van der Waals surface area contributed by atoms with Gasteiger partial charge < -0.3 is 4.74 Å². The molecule has 4 nitrogen and oxygen atoms in total. The Kier molecular flexibility index (Phi) is 4.79. The maximum atomic E-state index is 11.4. The summed E-state index contributed by atoms with van der Waals surface area (Å²) in [5.41, 5.74) is 3.27. The van der Waals surface area contributed by atoms with E-state index in [0.717, 1.165) is 12.0 Å². The second kappa shape index (κ2) is 6.12. The zero-order valence-corrected chi connectivity index (χ0v) is 9.69. The Morgan fingerprint density at radius 2 is 2.06 bits per heavy atom. The Hall–Kier alpha value is -1.55. The van der Waals surface area contributed by atoms with Crippen LogP contribution >= 0.6 is 0 Å². The number of ether oxygens (including phenoxy) is 1. The standard InChI is InChI=1S/C12H18N2O2/c1-3-4-11(12(15)14-13)16-10-7-5-9(2)6-8-10/h5-8,11H,3-4,13H2,1-2H3,(H,14,15). The average Bonchev–Trinajstić information content (AvgIpc) is 2.30. The number of amides is 1. The van der Waals surface area contributed by atoms with E-state index in [2.05, 4.69) is 5.43 Å². The van der Waals surface area contributed by atoms with Crippen LogP contribution in [0, 0.1) is 6.92 Å². The van der Waals surface area contributed by atoms with Gasteiger partial charge in [-0.2, -0.15) is 0 Å². The van der Waals surface area contributed by atoms with E-state index in [1.807, 2.05) is 38.1 Å². The lowest BCUT2D eigenvalue weighted by Crippen LogP contribution is -2.42. The number of nitrogens with one attached hydrogen (secondary N) is 1. The second-order valence-electron chi connectivity index (χ2n) is 3.72. The number of carbonyl (C=O) groups is 1. The molecule has 1 unspecified atom stereocenters. The van der Waals surface area contributed by atoms with Gasteiger partial charge in [-0.1, -0.05) is 31.0 Å². The Labute approximate surface area is 95.8 Å². The van der Waals surface area contributed by atoms with Gasteiger partial charge in [0.1, 0.15) is 5.75 Å². The molecule has 4 heteroatoms. The summed E-state index contributed by atoms with van der Waals surface area (Å²) in [5.74, 6) is 5.50. The molecule has 1 aromatic carbocycles. The summed E-state index contributed by atoms with van der Waals surface area (Å²) < 4.78 is 5.57. The molecular formula is C12H18N2O2. The number of rotatable bonds is 5. The summed E-state index contributed by atoms with van der Waals surface area (Å²) >= 11 is 0. The minimum atomic E-state index is -0.516. The summed E-state index contributed by atoms with van der Waals surface area (Å²) in [4.78, 5) is 11.4. The highest BCUT2D eigenvalue weighted by molar-refractivity contribution is 5.80. The first kappa shape index (κ1) is 12.5. The topological polar surface area (TPSA) is 64.3 Å². The lowest BCUT2D eigenvalue weighted by molar-refractivity contribution is -0.128. The van der Waals surface area contributed by atoms with Crippen LogP contribution in [0.5, 0.6) is 5.75 Å². The molecule has 0 bridgehead atoms. The van der Waals surface area contributed by atoms with E-state index >= 15 is 0 Å². The van der Waals surface area contributed by atoms with Crippen LogP contribution in [0.3, 0.4) is 0 Å². The number of hydrazine groups is 1. The molecule has 3 N–H and O–H groups in total. The molecule has 0 aliphatic carbocycles. The van der Waals surface area contributed by atoms with Gasteiger partial charge in [0.15, 0.2) is 6.10 Å². The molecule has 1 aromatic rings. The smallest absolute Gasteiger partial charge is 0.274 e. The van der Waals surface area contributed by atoms with Crippen LogP contribution in [0.25, 0.3) is 0 Å². The Morgan fingerprint density at radius 3 is 2.56 bits per heavy atom. The minimum Gasteiger partial charge on any atom is -0.481 e. The van der Waals surface area contributed by atoms with Gasteiger partial charge in [-0.3, -0.25) is 10.2 Å². The molecule has 0 heterocycles. The molecule has 88 valence electrons. The van der Waals surface area contributed by atoms with Crippen LogP contribution < -0.4 is 16.0 Å². The largest absolute Gasteiger partial charge is 0.481 e. The van der Waals surface area contributed by atoms with Crippen LogP contribution in [0.2, 0.25) is 0 Å². The third kappa shape index (κ3) is 3.55. The maximum Gasteiger partial charge on any atom is 0.274 e. The first-order valence-electron chi connectivity index (χ1n) is 5.41. The quantitative estimate of drug-likeness (QED) is 0.451. The highest BCUT2D eigenvalue weighted by Crippen LogP contribution is 2.15. The van der Waals surface area contributed by atoms with Gasteiger partial charge in [0.25, 0.3) is 5.91 Å². The summed E-state index contributed by atoms with van der Waals surface area (Å²) in [7, 11) is 0. The molecule has 0 aliphatic rings. The van der Waals surface area contributed by atoms with Crippen molar-refractivity contribution in [2.75, 3.05) is 0 Å². The number of hydrogen-bond acceptors (Lipinski definition) is 3. The SMILES string of the molecule is CCCC(Oc1ccc(C)cc1)C(=O)NN. The predicted molar refractivity (Wildman–Crippen MR) is 62.8 cm³/mol. The van der Waals surface area contributed by atoms with Crippen molar-refractivity contribution in [3.8, 4) is 5.75 Å². The molecule has 16 heavy (non-hydrogen) atoms. The van der Waals surface area contributed by atoms with Crippen molar-refractivity contribution in [3.63, 3.8) is 0 Å². The molecule has 0 radical (unpaired) electrons. The van der Waals surface area contributed by atoms with Crippen LogP contribution in [0.15, 0.2) is 24.3 Å². The monoisotopic (exact) mass is 222 g/mol. The number of nitrogens with two attached hydrogens (primary N) is 1. The zero-order valence-electron chi connectivity index (χ0n) is 9.69. The van der Waals surface area contributed by atoms with E-state index in [1.165, 1.54) is 0 Å². The van der Waals surface area contributed by atoms with Crippen molar-refractivity contribution in [1.82, 2.24) is 5.43 Å². The predicted octanol–water partition coefficient (Wildman–Crippen LogP) is 1.53. The zero-order chi connectivity index (χ0) is 12.0. The van der Waals surface area contributed by atoms with Crippen LogP contribution in [-0.4, -0.2) is 12.0 Å². The molecule has 0 saturated heterocycles. The fourth-order valence-corrected chi connectivity index (χ4v) is 1.38. The first-order chi connectivity index (χ1) is 7.67. The molecule has 0 spiro atoms. The Balaban J connectivity index is 2.67. The van der Waals surface area contributed by atoms with E-state index in [1.54, 1.807) is 0 Å².